The summed E-state index contributed by atoms with van der Waals surface area (Å²) in [5.74, 6) is 0. The Labute approximate surface area is 118 Å². The maximum Gasteiger partial charge on any atom is 0.268 e. The zero-order valence-electron chi connectivity index (χ0n) is 11.7. The molecule has 6 nitrogen and oxygen atoms in total. The van der Waals surface area contributed by atoms with Crippen LogP contribution < -0.4 is 10.5 Å². The van der Waals surface area contributed by atoms with E-state index >= 15 is 0 Å². The molecule has 110 valence electrons. The third-order valence-electron chi connectivity index (χ3n) is 3.80. The summed E-state index contributed by atoms with van der Waals surface area (Å²) in [4.78, 5) is 14.3. The third-order valence-corrected chi connectivity index (χ3v) is 3.80. The number of rotatable bonds is 4. The molecule has 0 saturated carbocycles. The van der Waals surface area contributed by atoms with Crippen molar-refractivity contribution in [3.8, 4) is 0 Å². The highest BCUT2D eigenvalue weighted by atomic mass is 16.7. The largest absolute Gasteiger partial charge is 0.370 e. The monoisotopic (exact) mass is 279 g/mol. The molecular weight excluding hydrogens is 258 g/mol. The Morgan fingerprint density at radius 2 is 1.95 bits per heavy atom. The van der Waals surface area contributed by atoms with Crippen LogP contribution in [0.3, 0.4) is 0 Å². The molecule has 3 heterocycles. The normalized spacial score (nSPS) is 20.5. The van der Waals surface area contributed by atoms with Gasteiger partial charge in [-0.15, -0.1) is 0 Å². The first-order valence-corrected chi connectivity index (χ1v) is 7.38. The molecule has 0 bridgehead atoms. The lowest BCUT2D eigenvalue weighted by atomic mass is 10.3. The molecule has 2 aliphatic heterocycles. The van der Waals surface area contributed by atoms with Crippen LogP contribution in [0.2, 0.25) is 0 Å². The predicted molar refractivity (Wildman–Crippen MR) is 74.9 cm³/mol. The van der Waals surface area contributed by atoms with Gasteiger partial charge in [-0.2, -0.15) is 5.10 Å². The highest BCUT2D eigenvalue weighted by Gasteiger charge is 2.16. The molecule has 20 heavy (non-hydrogen) atoms. The van der Waals surface area contributed by atoms with Crippen LogP contribution in [0.5, 0.6) is 0 Å². The lowest BCUT2D eigenvalue weighted by molar-refractivity contribution is -0.182. The number of ether oxygens (including phenoxy) is 2. The summed E-state index contributed by atoms with van der Waals surface area (Å²) in [5, 5.41) is 4.26. The zero-order valence-corrected chi connectivity index (χ0v) is 11.7. The van der Waals surface area contributed by atoms with Crippen LogP contribution in [0.15, 0.2) is 17.1 Å². The van der Waals surface area contributed by atoms with E-state index in [1.54, 1.807) is 12.3 Å². The molecule has 1 aromatic rings. The molecule has 2 saturated heterocycles. The minimum absolute atomic E-state index is 0.0507. The summed E-state index contributed by atoms with van der Waals surface area (Å²) in [6, 6.07) is 1.68. The van der Waals surface area contributed by atoms with E-state index in [0.29, 0.717) is 13.0 Å². The van der Waals surface area contributed by atoms with Crippen molar-refractivity contribution in [3.05, 3.63) is 22.6 Å². The molecule has 3 rings (SSSR count). The minimum atomic E-state index is -0.198. The number of aromatic nitrogens is 2. The zero-order chi connectivity index (χ0) is 13.8. The second-order valence-electron chi connectivity index (χ2n) is 5.28. The van der Waals surface area contributed by atoms with E-state index in [-0.39, 0.29) is 11.8 Å². The van der Waals surface area contributed by atoms with E-state index in [0.717, 1.165) is 38.4 Å². The summed E-state index contributed by atoms with van der Waals surface area (Å²) in [6.07, 6.45) is 5.58. The summed E-state index contributed by atoms with van der Waals surface area (Å²) in [6.45, 7) is 4.05. The van der Waals surface area contributed by atoms with Crippen LogP contribution in [0.25, 0.3) is 0 Å². The lowest BCUT2D eigenvalue weighted by Crippen LogP contribution is -2.30. The average molecular weight is 279 g/mol. The van der Waals surface area contributed by atoms with Gasteiger partial charge in [0.25, 0.3) is 5.56 Å². The summed E-state index contributed by atoms with van der Waals surface area (Å²) < 4.78 is 12.4. The highest BCUT2D eigenvalue weighted by Crippen LogP contribution is 2.17. The van der Waals surface area contributed by atoms with Gasteiger partial charge in [-0.1, -0.05) is 0 Å². The Morgan fingerprint density at radius 3 is 2.65 bits per heavy atom. The maximum absolute atomic E-state index is 12.1. The molecule has 0 atom stereocenters. The Kier molecular flexibility index (Phi) is 4.32. The molecule has 6 heteroatoms. The Morgan fingerprint density at radius 1 is 1.20 bits per heavy atom. The van der Waals surface area contributed by atoms with E-state index < -0.39 is 0 Å². The Hall–Kier alpha value is -1.40. The van der Waals surface area contributed by atoms with E-state index in [1.165, 1.54) is 17.5 Å². The van der Waals surface area contributed by atoms with Crippen LogP contribution in [-0.2, 0) is 16.0 Å². The van der Waals surface area contributed by atoms with Gasteiger partial charge in [-0.05, 0) is 19.3 Å². The third kappa shape index (κ3) is 3.19. The summed E-state index contributed by atoms with van der Waals surface area (Å²) in [5.41, 5.74) is 0.888. The van der Waals surface area contributed by atoms with E-state index in [4.69, 9.17) is 9.47 Å². The van der Waals surface area contributed by atoms with Gasteiger partial charge in [-0.3, -0.25) is 4.79 Å². The van der Waals surface area contributed by atoms with Crippen molar-refractivity contribution in [3.63, 3.8) is 0 Å². The fourth-order valence-electron chi connectivity index (χ4n) is 2.67. The van der Waals surface area contributed by atoms with Crippen molar-refractivity contribution in [1.82, 2.24) is 9.78 Å². The standard InChI is InChI=1S/C14H21N3O3/c18-13-10-12(16-5-1-2-6-16)11-15-17(13)7-4-14-19-8-3-9-20-14/h10-11,14H,1-9H2. The van der Waals surface area contributed by atoms with E-state index in [1.807, 2.05) is 0 Å². The molecule has 2 fully saturated rings. The summed E-state index contributed by atoms with van der Waals surface area (Å²) in [7, 11) is 0. The van der Waals surface area contributed by atoms with Crippen molar-refractivity contribution in [2.75, 3.05) is 31.2 Å². The van der Waals surface area contributed by atoms with Crippen LogP contribution in [0.4, 0.5) is 5.69 Å². The fourth-order valence-corrected chi connectivity index (χ4v) is 2.67. The van der Waals surface area contributed by atoms with Crippen molar-refractivity contribution in [2.45, 2.75) is 38.5 Å². The van der Waals surface area contributed by atoms with Crippen molar-refractivity contribution in [1.29, 1.82) is 0 Å². The minimum Gasteiger partial charge on any atom is -0.370 e. The molecule has 0 N–H and O–H groups in total. The molecule has 0 aromatic carbocycles. The first-order chi connectivity index (χ1) is 9.83. The van der Waals surface area contributed by atoms with Crippen LogP contribution >= 0.6 is 0 Å². The quantitative estimate of drug-likeness (QED) is 0.823. The molecule has 2 aliphatic rings. The van der Waals surface area contributed by atoms with Gasteiger partial charge in [-0.25, -0.2) is 4.68 Å². The van der Waals surface area contributed by atoms with Gasteiger partial charge in [0.1, 0.15) is 0 Å². The number of nitrogens with zero attached hydrogens (tertiary/aromatic N) is 3. The Balaban J connectivity index is 1.60. The van der Waals surface area contributed by atoms with Gasteiger partial charge in [0.05, 0.1) is 25.1 Å². The molecule has 0 unspecified atom stereocenters. The summed E-state index contributed by atoms with van der Waals surface area (Å²) >= 11 is 0. The van der Waals surface area contributed by atoms with Gasteiger partial charge < -0.3 is 14.4 Å². The maximum atomic E-state index is 12.1. The number of hydrogen-bond donors (Lipinski definition) is 0. The average Bonchev–Trinajstić information content (AvgIpc) is 3.01. The highest BCUT2D eigenvalue weighted by molar-refractivity contribution is 5.43. The van der Waals surface area contributed by atoms with Crippen LogP contribution in [-0.4, -0.2) is 42.4 Å². The predicted octanol–water partition coefficient (Wildman–Crippen LogP) is 0.997. The number of anilines is 1. The SMILES string of the molecule is O=c1cc(N2CCCC2)cnn1CCC1OCCCO1. The smallest absolute Gasteiger partial charge is 0.268 e. The van der Waals surface area contributed by atoms with E-state index in [2.05, 4.69) is 10.00 Å². The van der Waals surface area contributed by atoms with Crippen molar-refractivity contribution in [2.24, 2.45) is 0 Å². The van der Waals surface area contributed by atoms with Crippen molar-refractivity contribution >= 4 is 5.69 Å². The molecule has 0 spiro atoms. The second-order valence-corrected chi connectivity index (χ2v) is 5.28. The van der Waals surface area contributed by atoms with E-state index in [9.17, 15) is 4.79 Å². The second kappa shape index (κ2) is 6.37. The van der Waals surface area contributed by atoms with Crippen LogP contribution in [0.1, 0.15) is 25.7 Å². The van der Waals surface area contributed by atoms with Crippen molar-refractivity contribution < 1.29 is 9.47 Å². The molecule has 0 amide bonds. The fraction of sp³-hybridized carbons (Fsp3) is 0.714. The van der Waals surface area contributed by atoms with Crippen LogP contribution in [0, 0.1) is 0 Å². The molecule has 0 aliphatic carbocycles. The lowest BCUT2D eigenvalue weighted by Gasteiger charge is -2.23. The first kappa shape index (κ1) is 13.6. The number of aryl methyl sites for hydroxylation is 1. The van der Waals surface area contributed by atoms with Gasteiger partial charge >= 0.3 is 0 Å². The molecular formula is C14H21N3O3. The first-order valence-electron chi connectivity index (χ1n) is 7.38. The van der Waals surface area contributed by atoms with Gasteiger partial charge in [0.15, 0.2) is 6.29 Å². The van der Waals surface area contributed by atoms with Gasteiger partial charge in [0.2, 0.25) is 0 Å². The topological polar surface area (TPSA) is 56.6 Å². The molecule has 0 radical (unpaired) electrons. The van der Waals surface area contributed by atoms with Gasteiger partial charge in [0, 0.05) is 32.1 Å². The number of hydrogen-bond acceptors (Lipinski definition) is 5. The molecule has 1 aromatic heterocycles. The Bertz CT molecular complexity index is 491.